The van der Waals surface area contributed by atoms with Gasteiger partial charge in [0.1, 0.15) is 0 Å². The topological polar surface area (TPSA) is 76.6 Å². The van der Waals surface area contributed by atoms with E-state index in [9.17, 15) is 9.59 Å². The first-order valence-corrected chi connectivity index (χ1v) is 5.25. The van der Waals surface area contributed by atoms with Crippen LogP contribution >= 0.6 is 0 Å². The maximum absolute atomic E-state index is 12.1. The number of imidazole rings is 1. The Morgan fingerprint density at radius 2 is 2.18 bits per heavy atom. The molecule has 0 atom stereocenters. The Kier molecular flexibility index (Phi) is 2.71. The van der Waals surface area contributed by atoms with Crippen molar-refractivity contribution < 1.29 is 9.90 Å². The number of carbonyl (C=O) groups is 1. The van der Waals surface area contributed by atoms with Crippen molar-refractivity contribution in [1.29, 1.82) is 0 Å². The van der Waals surface area contributed by atoms with Gasteiger partial charge >= 0.3 is 5.97 Å². The van der Waals surface area contributed by atoms with Crippen molar-refractivity contribution in [3.8, 4) is 0 Å². The summed E-state index contributed by atoms with van der Waals surface area (Å²) < 4.78 is 3.18. The summed E-state index contributed by atoms with van der Waals surface area (Å²) in [6.45, 7) is 1.73. The predicted molar refractivity (Wildman–Crippen MR) is 61.1 cm³/mol. The van der Waals surface area contributed by atoms with Crippen LogP contribution in [-0.4, -0.2) is 25.0 Å². The van der Waals surface area contributed by atoms with E-state index in [0.29, 0.717) is 17.0 Å². The fraction of sp³-hybridized carbons (Fsp3) is 0.364. The number of rotatable bonds is 3. The summed E-state index contributed by atoms with van der Waals surface area (Å²) in [6.07, 6.45) is 3.53. The SMILES string of the molecule is Cc1nc2n(C)ccn2c(=O)c1CCC(=O)O. The third-order valence-electron chi connectivity index (χ3n) is 2.74. The van der Waals surface area contributed by atoms with Crippen LogP contribution in [0.1, 0.15) is 17.7 Å². The molecule has 0 unspecified atom stereocenters. The molecule has 0 aliphatic carbocycles. The molecule has 0 saturated heterocycles. The van der Waals surface area contributed by atoms with E-state index in [0.717, 1.165) is 0 Å². The van der Waals surface area contributed by atoms with Gasteiger partial charge in [-0.15, -0.1) is 0 Å². The summed E-state index contributed by atoms with van der Waals surface area (Å²) in [5, 5.41) is 8.64. The molecule has 0 radical (unpaired) electrons. The number of aliphatic carboxylic acids is 1. The van der Waals surface area contributed by atoms with Gasteiger partial charge in [-0.2, -0.15) is 0 Å². The van der Waals surface area contributed by atoms with Crippen molar-refractivity contribution in [1.82, 2.24) is 14.0 Å². The van der Waals surface area contributed by atoms with Crippen LogP contribution in [0.2, 0.25) is 0 Å². The first-order chi connectivity index (χ1) is 8.00. The van der Waals surface area contributed by atoms with Crippen LogP contribution in [0.15, 0.2) is 17.2 Å². The van der Waals surface area contributed by atoms with Crippen LogP contribution in [0.25, 0.3) is 5.78 Å². The highest BCUT2D eigenvalue weighted by Crippen LogP contribution is 2.06. The Hall–Kier alpha value is -2.11. The molecule has 0 fully saturated rings. The van der Waals surface area contributed by atoms with E-state index in [1.165, 1.54) is 4.40 Å². The van der Waals surface area contributed by atoms with Crippen molar-refractivity contribution >= 4 is 11.7 Å². The summed E-state index contributed by atoms with van der Waals surface area (Å²) in [6, 6.07) is 0. The van der Waals surface area contributed by atoms with Crippen molar-refractivity contribution in [2.45, 2.75) is 19.8 Å². The van der Waals surface area contributed by atoms with Gasteiger partial charge in [-0.25, -0.2) is 4.98 Å². The van der Waals surface area contributed by atoms with E-state index in [4.69, 9.17) is 5.11 Å². The molecule has 6 heteroatoms. The molecule has 0 amide bonds. The van der Waals surface area contributed by atoms with Crippen LogP contribution in [-0.2, 0) is 18.3 Å². The van der Waals surface area contributed by atoms with Gasteiger partial charge in [-0.05, 0) is 13.3 Å². The van der Waals surface area contributed by atoms with Gasteiger partial charge in [0.2, 0.25) is 5.78 Å². The summed E-state index contributed by atoms with van der Waals surface area (Å²) in [7, 11) is 1.80. The lowest BCUT2D eigenvalue weighted by molar-refractivity contribution is -0.136. The third kappa shape index (κ3) is 1.93. The predicted octanol–water partition coefficient (Wildman–Crippen LogP) is 0.359. The fourth-order valence-electron chi connectivity index (χ4n) is 1.80. The second-order valence-corrected chi connectivity index (χ2v) is 3.95. The molecule has 0 saturated carbocycles. The highest BCUT2D eigenvalue weighted by Gasteiger charge is 2.12. The molecule has 0 spiro atoms. The van der Waals surface area contributed by atoms with Crippen LogP contribution in [0.3, 0.4) is 0 Å². The minimum Gasteiger partial charge on any atom is -0.481 e. The van der Waals surface area contributed by atoms with Crippen LogP contribution in [0.4, 0.5) is 0 Å². The Bertz CT molecular complexity index is 639. The number of aromatic nitrogens is 3. The van der Waals surface area contributed by atoms with Gasteiger partial charge in [0.25, 0.3) is 5.56 Å². The summed E-state index contributed by atoms with van der Waals surface area (Å²) >= 11 is 0. The van der Waals surface area contributed by atoms with Crippen LogP contribution in [0, 0.1) is 6.92 Å². The van der Waals surface area contributed by atoms with E-state index in [1.54, 1.807) is 30.9 Å². The monoisotopic (exact) mass is 235 g/mol. The molecule has 0 bridgehead atoms. The molecule has 2 aromatic heterocycles. The molecule has 6 nitrogen and oxygen atoms in total. The molecular weight excluding hydrogens is 222 g/mol. The molecule has 17 heavy (non-hydrogen) atoms. The number of carboxylic acids is 1. The number of hydrogen-bond donors (Lipinski definition) is 1. The molecule has 2 heterocycles. The van der Waals surface area contributed by atoms with E-state index in [2.05, 4.69) is 4.98 Å². The smallest absolute Gasteiger partial charge is 0.303 e. The minimum atomic E-state index is -0.915. The van der Waals surface area contributed by atoms with Gasteiger partial charge in [-0.3, -0.25) is 14.0 Å². The highest BCUT2D eigenvalue weighted by molar-refractivity contribution is 5.67. The lowest BCUT2D eigenvalue weighted by atomic mass is 10.1. The lowest BCUT2D eigenvalue weighted by Crippen LogP contribution is -2.21. The lowest BCUT2D eigenvalue weighted by Gasteiger charge is -2.04. The summed E-state index contributed by atoms with van der Waals surface area (Å²) in [5.41, 5.74) is 0.878. The molecule has 0 aliphatic rings. The second kappa shape index (κ2) is 4.04. The number of aryl methyl sites for hydroxylation is 2. The zero-order valence-corrected chi connectivity index (χ0v) is 9.67. The quantitative estimate of drug-likeness (QED) is 0.833. The fourth-order valence-corrected chi connectivity index (χ4v) is 1.80. The molecule has 0 aromatic carbocycles. The van der Waals surface area contributed by atoms with Crippen molar-refractivity contribution in [2.24, 2.45) is 7.05 Å². The first-order valence-electron chi connectivity index (χ1n) is 5.25. The molecule has 0 aliphatic heterocycles. The largest absolute Gasteiger partial charge is 0.481 e. The Balaban J connectivity index is 2.56. The van der Waals surface area contributed by atoms with E-state index in [1.807, 2.05) is 0 Å². The van der Waals surface area contributed by atoms with Crippen molar-refractivity contribution in [3.63, 3.8) is 0 Å². The average Bonchev–Trinajstić information content (AvgIpc) is 2.60. The van der Waals surface area contributed by atoms with Gasteiger partial charge in [0, 0.05) is 37.1 Å². The standard InChI is InChI=1S/C11H13N3O3/c1-7-8(3-4-9(15)16)10(17)14-6-5-13(2)11(14)12-7/h5-6H,3-4H2,1-2H3,(H,15,16). The molecular formula is C11H13N3O3. The number of fused-ring (bicyclic) bond motifs is 1. The molecule has 90 valence electrons. The van der Waals surface area contributed by atoms with Gasteiger partial charge < -0.3 is 9.67 Å². The maximum atomic E-state index is 12.1. The number of hydrogen-bond acceptors (Lipinski definition) is 3. The minimum absolute atomic E-state index is 0.0589. The van der Waals surface area contributed by atoms with Crippen LogP contribution in [0.5, 0.6) is 0 Å². The average molecular weight is 235 g/mol. The van der Waals surface area contributed by atoms with Crippen LogP contribution < -0.4 is 5.56 Å². The maximum Gasteiger partial charge on any atom is 0.303 e. The van der Waals surface area contributed by atoms with Gasteiger partial charge in [0.15, 0.2) is 0 Å². The van der Waals surface area contributed by atoms with E-state index in [-0.39, 0.29) is 18.4 Å². The van der Waals surface area contributed by atoms with Crippen molar-refractivity contribution in [3.05, 3.63) is 34.0 Å². The first kappa shape index (κ1) is 11.4. The second-order valence-electron chi connectivity index (χ2n) is 3.95. The highest BCUT2D eigenvalue weighted by atomic mass is 16.4. The molecule has 1 N–H and O–H groups in total. The van der Waals surface area contributed by atoms with Gasteiger partial charge in [0.05, 0.1) is 0 Å². The Labute approximate surface area is 97.1 Å². The Morgan fingerprint density at radius 3 is 2.82 bits per heavy atom. The van der Waals surface area contributed by atoms with Gasteiger partial charge in [-0.1, -0.05) is 0 Å². The summed E-state index contributed by atoms with van der Waals surface area (Å²) in [5.74, 6) is -0.353. The third-order valence-corrected chi connectivity index (χ3v) is 2.74. The molecule has 2 aromatic rings. The van der Waals surface area contributed by atoms with E-state index >= 15 is 0 Å². The zero-order chi connectivity index (χ0) is 12.6. The zero-order valence-electron chi connectivity index (χ0n) is 9.67. The molecule has 2 rings (SSSR count). The van der Waals surface area contributed by atoms with E-state index < -0.39 is 5.97 Å². The number of nitrogens with zero attached hydrogens (tertiary/aromatic N) is 3. The summed E-state index contributed by atoms with van der Waals surface area (Å²) in [4.78, 5) is 26.9. The Morgan fingerprint density at radius 1 is 1.47 bits per heavy atom. The number of carboxylic acid groups (broad SMARTS) is 1. The normalized spacial score (nSPS) is 10.9. The van der Waals surface area contributed by atoms with Crippen molar-refractivity contribution in [2.75, 3.05) is 0 Å².